The Labute approximate surface area is 109 Å². The van der Waals surface area contributed by atoms with Crippen LogP contribution in [0.4, 0.5) is 5.95 Å². The van der Waals surface area contributed by atoms with Gasteiger partial charge in [-0.3, -0.25) is 14.3 Å². The van der Waals surface area contributed by atoms with Gasteiger partial charge >= 0.3 is 5.69 Å². The summed E-state index contributed by atoms with van der Waals surface area (Å²) in [6.07, 6.45) is 0.781. The lowest BCUT2D eigenvalue weighted by atomic mass is 10.4. The standard InChI is InChI=1S/C11H18N6O2/c1-3-6-17-8-7(9(18)15-11(17)19)16(2)10(14-8)13-5-4-12/h3-6,12H2,1-2H3,(H,13,14)(H,15,18,19). The van der Waals surface area contributed by atoms with Crippen LogP contribution in [0.25, 0.3) is 11.2 Å². The SMILES string of the molecule is CCCn1c(=O)[nH]c(=O)c2c1nc(NCCN)n2C. The molecule has 0 unspecified atom stereocenters. The molecule has 0 amide bonds. The first-order valence-corrected chi connectivity index (χ1v) is 6.23. The lowest BCUT2D eigenvalue weighted by Gasteiger charge is -2.03. The lowest BCUT2D eigenvalue weighted by Crippen LogP contribution is -2.30. The van der Waals surface area contributed by atoms with Gasteiger partial charge in [0.15, 0.2) is 11.2 Å². The van der Waals surface area contributed by atoms with Gasteiger partial charge in [-0.25, -0.2) is 4.79 Å². The number of rotatable bonds is 5. The summed E-state index contributed by atoms with van der Waals surface area (Å²) in [7, 11) is 1.73. The fraction of sp³-hybridized carbons (Fsp3) is 0.545. The van der Waals surface area contributed by atoms with Gasteiger partial charge in [-0.1, -0.05) is 6.92 Å². The zero-order valence-corrected chi connectivity index (χ0v) is 11.1. The Kier molecular flexibility index (Phi) is 3.70. The van der Waals surface area contributed by atoms with Crippen molar-refractivity contribution >= 4 is 17.1 Å². The third kappa shape index (κ3) is 2.26. The molecule has 8 nitrogen and oxygen atoms in total. The lowest BCUT2D eigenvalue weighted by molar-refractivity contribution is 0.652. The number of nitrogens with zero attached hydrogens (tertiary/aromatic N) is 3. The van der Waals surface area contributed by atoms with E-state index in [1.165, 1.54) is 4.57 Å². The third-order valence-electron chi connectivity index (χ3n) is 2.89. The van der Waals surface area contributed by atoms with Crippen LogP contribution in [0.15, 0.2) is 9.59 Å². The molecule has 0 aromatic carbocycles. The number of imidazole rings is 1. The molecular formula is C11H18N6O2. The molecule has 0 spiro atoms. The quantitative estimate of drug-likeness (QED) is 0.656. The molecule has 19 heavy (non-hydrogen) atoms. The smallest absolute Gasteiger partial charge is 0.330 e. The molecule has 2 aromatic rings. The fourth-order valence-corrected chi connectivity index (χ4v) is 2.02. The van der Waals surface area contributed by atoms with E-state index in [0.717, 1.165) is 6.42 Å². The van der Waals surface area contributed by atoms with Crippen LogP contribution >= 0.6 is 0 Å². The molecule has 0 atom stereocenters. The van der Waals surface area contributed by atoms with Gasteiger partial charge in [0, 0.05) is 26.7 Å². The van der Waals surface area contributed by atoms with Gasteiger partial charge in [0.1, 0.15) is 0 Å². The molecule has 0 aliphatic rings. The van der Waals surface area contributed by atoms with E-state index in [-0.39, 0.29) is 0 Å². The van der Waals surface area contributed by atoms with Crippen molar-refractivity contribution in [2.45, 2.75) is 19.9 Å². The average molecular weight is 266 g/mol. The van der Waals surface area contributed by atoms with Crippen LogP contribution in [-0.2, 0) is 13.6 Å². The molecule has 0 saturated heterocycles. The predicted molar refractivity (Wildman–Crippen MR) is 73.4 cm³/mol. The number of hydrogen-bond donors (Lipinski definition) is 3. The normalized spacial score (nSPS) is 11.1. The number of H-pyrrole nitrogens is 1. The van der Waals surface area contributed by atoms with E-state index in [0.29, 0.717) is 36.7 Å². The van der Waals surface area contributed by atoms with Gasteiger partial charge in [0.2, 0.25) is 5.95 Å². The molecule has 0 bridgehead atoms. The topological polar surface area (TPSA) is 111 Å². The molecule has 104 valence electrons. The summed E-state index contributed by atoms with van der Waals surface area (Å²) in [4.78, 5) is 30.3. The van der Waals surface area contributed by atoms with Gasteiger partial charge in [-0.05, 0) is 6.42 Å². The second-order valence-electron chi connectivity index (χ2n) is 4.29. The van der Waals surface area contributed by atoms with Crippen molar-refractivity contribution < 1.29 is 0 Å². The molecule has 4 N–H and O–H groups in total. The van der Waals surface area contributed by atoms with Crippen molar-refractivity contribution in [2.24, 2.45) is 12.8 Å². The van der Waals surface area contributed by atoms with Crippen molar-refractivity contribution in [1.82, 2.24) is 19.1 Å². The number of anilines is 1. The minimum atomic E-state index is -0.428. The van der Waals surface area contributed by atoms with Crippen LogP contribution in [0.3, 0.4) is 0 Å². The number of nitrogens with two attached hydrogens (primary N) is 1. The van der Waals surface area contributed by atoms with E-state index in [2.05, 4.69) is 15.3 Å². The van der Waals surface area contributed by atoms with Crippen LogP contribution in [0, 0.1) is 0 Å². The van der Waals surface area contributed by atoms with Crippen molar-refractivity contribution in [1.29, 1.82) is 0 Å². The highest BCUT2D eigenvalue weighted by Crippen LogP contribution is 2.13. The van der Waals surface area contributed by atoms with Crippen LogP contribution < -0.4 is 22.3 Å². The molecule has 2 heterocycles. The first-order chi connectivity index (χ1) is 9.10. The van der Waals surface area contributed by atoms with Crippen LogP contribution in [0.5, 0.6) is 0 Å². The molecule has 0 fully saturated rings. The highest BCUT2D eigenvalue weighted by atomic mass is 16.2. The van der Waals surface area contributed by atoms with Gasteiger partial charge in [-0.2, -0.15) is 4.98 Å². The van der Waals surface area contributed by atoms with Gasteiger partial charge in [-0.15, -0.1) is 0 Å². The van der Waals surface area contributed by atoms with E-state index < -0.39 is 11.2 Å². The van der Waals surface area contributed by atoms with Crippen LogP contribution in [-0.4, -0.2) is 32.2 Å². The molecule has 0 aliphatic carbocycles. The van der Waals surface area contributed by atoms with Crippen molar-refractivity contribution in [2.75, 3.05) is 18.4 Å². The first-order valence-electron chi connectivity index (χ1n) is 6.23. The Bertz CT molecular complexity index is 695. The first kappa shape index (κ1) is 13.3. The molecule has 0 saturated carbocycles. The highest BCUT2D eigenvalue weighted by Gasteiger charge is 2.15. The maximum Gasteiger partial charge on any atom is 0.330 e. The summed E-state index contributed by atoms with van der Waals surface area (Å²) < 4.78 is 3.11. The Morgan fingerprint density at radius 2 is 2.16 bits per heavy atom. The molecule has 0 aliphatic heterocycles. The van der Waals surface area contributed by atoms with Gasteiger partial charge in [0.25, 0.3) is 5.56 Å². The predicted octanol–water partition coefficient (Wildman–Crippen LogP) is -0.796. The number of fused-ring (bicyclic) bond motifs is 1. The van der Waals surface area contributed by atoms with E-state index in [4.69, 9.17) is 5.73 Å². The zero-order chi connectivity index (χ0) is 14.0. The van der Waals surface area contributed by atoms with E-state index in [9.17, 15) is 9.59 Å². The Morgan fingerprint density at radius 1 is 1.42 bits per heavy atom. The number of nitrogens with one attached hydrogen (secondary N) is 2. The van der Waals surface area contributed by atoms with Crippen molar-refractivity contribution in [3.8, 4) is 0 Å². The van der Waals surface area contributed by atoms with Crippen LogP contribution in [0.2, 0.25) is 0 Å². The third-order valence-corrected chi connectivity index (χ3v) is 2.89. The maximum absolute atomic E-state index is 11.9. The zero-order valence-electron chi connectivity index (χ0n) is 11.1. The summed E-state index contributed by atoms with van der Waals surface area (Å²) >= 11 is 0. The number of aromatic amines is 1. The molecular weight excluding hydrogens is 248 g/mol. The van der Waals surface area contributed by atoms with Gasteiger partial charge < -0.3 is 15.6 Å². The fourth-order valence-electron chi connectivity index (χ4n) is 2.02. The number of aromatic nitrogens is 4. The number of hydrogen-bond acceptors (Lipinski definition) is 5. The minimum Gasteiger partial charge on any atom is -0.354 e. The van der Waals surface area contributed by atoms with Gasteiger partial charge in [0.05, 0.1) is 0 Å². The Balaban J connectivity index is 2.70. The molecule has 2 rings (SSSR count). The number of aryl methyl sites for hydroxylation is 2. The molecule has 8 heteroatoms. The van der Waals surface area contributed by atoms with E-state index in [1.54, 1.807) is 11.6 Å². The maximum atomic E-state index is 11.9. The van der Waals surface area contributed by atoms with Crippen molar-refractivity contribution in [3.05, 3.63) is 20.8 Å². The molecule has 2 aromatic heterocycles. The van der Waals surface area contributed by atoms with E-state index in [1.807, 2.05) is 6.92 Å². The van der Waals surface area contributed by atoms with E-state index >= 15 is 0 Å². The largest absolute Gasteiger partial charge is 0.354 e. The summed E-state index contributed by atoms with van der Waals surface area (Å²) in [6.45, 7) is 3.48. The minimum absolute atomic E-state index is 0.382. The monoisotopic (exact) mass is 266 g/mol. The second-order valence-corrected chi connectivity index (χ2v) is 4.29. The average Bonchev–Trinajstić information content (AvgIpc) is 2.69. The summed E-state index contributed by atoms with van der Waals surface area (Å²) in [5.74, 6) is 0.529. The summed E-state index contributed by atoms with van der Waals surface area (Å²) in [6, 6.07) is 0. The van der Waals surface area contributed by atoms with Crippen LogP contribution in [0.1, 0.15) is 13.3 Å². The summed E-state index contributed by atoms with van der Waals surface area (Å²) in [5.41, 5.74) is 5.36. The summed E-state index contributed by atoms with van der Waals surface area (Å²) in [5, 5.41) is 3.03. The Hall–Kier alpha value is -2.09. The Morgan fingerprint density at radius 3 is 2.79 bits per heavy atom. The molecule has 0 radical (unpaired) electrons. The highest BCUT2D eigenvalue weighted by molar-refractivity contribution is 5.73. The van der Waals surface area contributed by atoms with Crippen molar-refractivity contribution in [3.63, 3.8) is 0 Å². The second kappa shape index (κ2) is 5.27.